The number of aliphatic hydroxyl groups is 1. The second kappa shape index (κ2) is 5.04. The maximum atomic E-state index is 8.95. The van der Waals surface area contributed by atoms with Gasteiger partial charge in [0.1, 0.15) is 0 Å². The Kier molecular flexibility index (Phi) is 3.66. The van der Waals surface area contributed by atoms with Crippen molar-refractivity contribution in [3.8, 4) is 0 Å². The van der Waals surface area contributed by atoms with Gasteiger partial charge in [-0.1, -0.05) is 12.1 Å². The second-order valence-electron chi connectivity index (χ2n) is 4.72. The van der Waals surface area contributed by atoms with Crippen molar-refractivity contribution >= 4 is 5.69 Å². The first-order valence-electron chi connectivity index (χ1n) is 5.83. The summed E-state index contributed by atoms with van der Waals surface area (Å²) in [7, 11) is 0. The average Bonchev–Trinajstić information content (AvgIpc) is 2.33. The van der Waals surface area contributed by atoms with Gasteiger partial charge in [-0.05, 0) is 31.5 Å². The first-order chi connectivity index (χ1) is 8.09. The van der Waals surface area contributed by atoms with E-state index in [2.05, 4.69) is 5.32 Å². The molecule has 0 spiro atoms. The van der Waals surface area contributed by atoms with E-state index in [0.717, 1.165) is 11.3 Å². The third-order valence-electron chi connectivity index (χ3n) is 2.77. The van der Waals surface area contributed by atoms with Gasteiger partial charge in [-0.25, -0.2) is 0 Å². The monoisotopic (exact) mass is 237 g/mol. The summed E-state index contributed by atoms with van der Waals surface area (Å²) in [5, 5.41) is 12.3. The third-order valence-corrected chi connectivity index (χ3v) is 2.77. The number of nitrogens with one attached hydrogen (secondary N) is 1. The largest absolute Gasteiger partial charge is 0.392 e. The van der Waals surface area contributed by atoms with Crippen LogP contribution in [0.15, 0.2) is 24.3 Å². The van der Waals surface area contributed by atoms with Crippen LogP contribution in [-0.4, -0.2) is 30.1 Å². The minimum absolute atomic E-state index is 0.0735. The molecule has 0 saturated carbocycles. The lowest BCUT2D eigenvalue weighted by atomic mass is 10.2. The summed E-state index contributed by atoms with van der Waals surface area (Å²) in [5.41, 5.74) is 1.92. The highest BCUT2D eigenvalue weighted by Crippen LogP contribution is 2.19. The Labute approximate surface area is 102 Å². The number of benzene rings is 1. The molecule has 1 fully saturated rings. The number of ether oxygens (including phenoxy) is 2. The Morgan fingerprint density at radius 3 is 2.35 bits per heavy atom. The molecule has 1 saturated heterocycles. The molecular formula is C13H19NO3. The topological polar surface area (TPSA) is 50.7 Å². The molecule has 0 aliphatic carbocycles. The molecule has 94 valence electrons. The minimum Gasteiger partial charge on any atom is -0.392 e. The van der Waals surface area contributed by atoms with Gasteiger partial charge in [0.2, 0.25) is 0 Å². The molecule has 1 aromatic carbocycles. The van der Waals surface area contributed by atoms with Gasteiger partial charge >= 0.3 is 0 Å². The Hall–Kier alpha value is -1.10. The van der Waals surface area contributed by atoms with Crippen LogP contribution in [0, 0.1) is 0 Å². The second-order valence-corrected chi connectivity index (χ2v) is 4.72. The van der Waals surface area contributed by atoms with Crippen LogP contribution in [-0.2, 0) is 16.1 Å². The fraction of sp³-hybridized carbons (Fsp3) is 0.538. The van der Waals surface area contributed by atoms with Crippen LogP contribution in [0.3, 0.4) is 0 Å². The Balaban J connectivity index is 1.89. The summed E-state index contributed by atoms with van der Waals surface area (Å²) in [5.74, 6) is -0.473. The van der Waals surface area contributed by atoms with Crippen molar-refractivity contribution in [3.63, 3.8) is 0 Å². The van der Waals surface area contributed by atoms with E-state index < -0.39 is 5.79 Å². The Bertz CT molecular complexity index is 351. The zero-order chi connectivity index (χ0) is 12.3. The van der Waals surface area contributed by atoms with E-state index >= 15 is 0 Å². The van der Waals surface area contributed by atoms with Crippen LogP contribution in [0.2, 0.25) is 0 Å². The zero-order valence-corrected chi connectivity index (χ0v) is 10.3. The molecule has 0 atom stereocenters. The van der Waals surface area contributed by atoms with Crippen molar-refractivity contribution in [1.82, 2.24) is 0 Å². The van der Waals surface area contributed by atoms with Crippen LogP contribution >= 0.6 is 0 Å². The summed E-state index contributed by atoms with van der Waals surface area (Å²) in [6.45, 7) is 5.17. The highest BCUT2D eigenvalue weighted by molar-refractivity contribution is 5.45. The molecule has 1 aromatic rings. The van der Waals surface area contributed by atoms with Crippen molar-refractivity contribution < 1.29 is 14.6 Å². The molecule has 2 rings (SSSR count). The quantitative estimate of drug-likeness (QED) is 0.840. The first kappa shape index (κ1) is 12.4. The number of aliphatic hydroxyl groups excluding tert-OH is 1. The van der Waals surface area contributed by atoms with Crippen molar-refractivity contribution in [1.29, 1.82) is 0 Å². The van der Waals surface area contributed by atoms with Crippen LogP contribution in [0.4, 0.5) is 5.69 Å². The van der Waals surface area contributed by atoms with Crippen LogP contribution in [0.25, 0.3) is 0 Å². The SMILES string of the molecule is CC1(C)OCC(Nc2ccc(CO)cc2)CO1. The van der Waals surface area contributed by atoms with Crippen molar-refractivity contribution in [2.75, 3.05) is 18.5 Å². The summed E-state index contributed by atoms with van der Waals surface area (Å²) >= 11 is 0. The predicted molar refractivity (Wildman–Crippen MR) is 65.8 cm³/mol. The zero-order valence-electron chi connectivity index (χ0n) is 10.3. The lowest BCUT2D eigenvalue weighted by Crippen LogP contribution is -2.45. The average molecular weight is 237 g/mol. The van der Waals surface area contributed by atoms with E-state index in [1.54, 1.807) is 0 Å². The lowest BCUT2D eigenvalue weighted by Gasteiger charge is -2.35. The van der Waals surface area contributed by atoms with E-state index in [4.69, 9.17) is 14.6 Å². The van der Waals surface area contributed by atoms with Crippen molar-refractivity contribution in [2.45, 2.75) is 32.3 Å². The van der Waals surface area contributed by atoms with Gasteiger partial charge in [0.25, 0.3) is 0 Å². The summed E-state index contributed by atoms with van der Waals surface area (Å²) < 4.78 is 11.1. The van der Waals surface area contributed by atoms with Gasteiger partial charge in [-0.15, -0.1) is 0 Å². The molecule has 1 aliphatic heterocycles. The molecule has 0 radical (unpaired) electrons. The minimum atomic E-state index is -0.473. The highest BCUT2D eigenvalue weighted by Gasteiger charge is 2.27. The molecule has 1 heterocycles. The van der Waals surface area contributed by atoms with Crippen LogP contribution in [0.5, 0.6) is 0 Å². The molecule has 0 amide bonds. The van der Waals surface area contributed by atoms with Crippen molar-refractivity contribution in [2.24, 2.45) is 0 Å². The standard InChI is InChI=1S/C13H19NO3/c1-13(2)16-8-12(9-17-13)14-11-5-3-10(7-15)4-6-11/h3-6,12,14-15H,7-9H2,1-2H3. The molecule has 4 heteroatoms. The van der Waals surface area contributed by atoms with E-state index in [1.165, 1.54) is 0 Å². The van der Waals surface area contributed by atoms with Gasteiger partial charge in [0.15, 0.2) is 5.79 Å². The van der Waals surface area contributed by atoms with Gasteiger partial charge < -0.3 is 19.9 Å². The maximum absolute atomic E-state index is 8.95. The third kappa shape index (κ3) is 3.43. The molecular weight excluding hydrogens is 218 g/mol. The van der Waals surface area contributed by atoms with Gasteiger partial charge in [-0.3, -0.25) is 0 Å². The number of rotatable bonds is 3. The molecule has 2 N–H and O–H groups in total. The van der Waals surface area contributed by atoms with E-state index in [0.29, 0.717) is 13.2 Å². The summed E-state index contributed by atoms with van der Waals surface area (Å²) in [4.78, 5) is 0. The maximum Gasteiger partial charge on any atom is 0.162 e. The predicted octanol–water partition coefficient (Wildman–Crippen LogP) is 1.74. The molecule has 0 aromatic heterocycles. The molecule has 17 heavy (non-hydrogen) atoms. The fourth-order valence-electron chi connectivity index (χ4n) is 1.72. The normalized spacial score (nSPS) is 20.2. The molecule has 1 aliphatic rings. The van der Waals surface area contributed by atoms with E-state index in [1.807, 2.05) is 38.1 Å². The fourth-order valence-corrected chi connectivity index (χ4v) is 1.72. The smallest absolute Gasteiger partial charge is 0.162 e. The molecule has 0 bridgehead atoms. The van der Waals surface area contributed by atoms with Crippen LogP contribution in [0.1, 0.15) is 19.4 Å². The van der Waals surface area contributed by atoms with Crippen LogP contribution < -0.4 is 5.32 Å². The Morgan fingerprint density at radius 2 is 1.82 bits per heavy atom. The lowest BCUT2D eigenvalue weighted by molar-refractivity contribution is -0.247. The summed E-state index contributed by atoms with van der Waals surface area (Å²) in [6.07, 6.45) is 0. The van der Waals surface area contributed by atoms with Gasteiger partial charge in [-0.2, -0.15) is 0 Å². The number of hydrogen-bond acceptors (Lipinski definition) is 4. The highest BCUT2D eigenvalue weighted by atomic mass is 16.7. The molecule has 4 nitrogen and oxygen atoms in total. The molecule has 0 unspecified atom stereocenters. The van der Waals surface area contributed by atoms with E-state index in [9.17, 15) is 0 Å². The first-order valence-corrected chi connectivity index (χ1v) is 5.83. The number of anilines is 1. The van der Waals surface area contributed by atoms with Gasteiger partial charge in [0, 0.05) is 5.69 Å². The Morgan fingerprint density at radius 1 is 1.24 bits per heavy atom. The number of hydrogen-bond donors (Lipinski definition) is 2. The van der Waals surface area contributed by atoms with Crippen molar-refractivity contribution in [3.05, 3.63) is 29.8 Å². The summed E-state index contributed by atoms with van der Waals surface area (Å²) in [6, 6.07) is 7.87. The van der Waals surface area contributed by atoms with E-state index in [-0.39, 0.29) is 12.6 Å². The van der Waals surface area contributed by atoms with Gasteiger partial charge in [0.05, 0.1) is 25.9 Å².